The minimum Gasteiger partial charge on any atom is -0.511 e. The summed E-state index contributed by atoms with van der Waals surface area (Å²) in [4.78, 5) is 51.2. The van der Waals surface area contributed by atoms with Crippen LogP contribution in [-0.2, 0) is 76.2 Å². The number of ketones is 3. The van der Waals surface area contributed by atoms with Crippen LogP contribution in [0.25, 0.3) is 62.1 Å². The smallest absolute Gasteiger partial charge is 0.176 e. The SMILES string of the molecule is C[C@H]1C(=O)C(C#N)=C[C@@]2(C)c3nn(-c4ccncc4)c(-c4ccc(F)cc4)c3CC[C@H]12.C[C@H]1C(O)=C(C#N)C[C@@]2(C)c3nn(-c4ccncc4)c(-c4ccc(F)cc4)c3CC[C@H]12.C[C@H]1c2oncc2C[C@@]2(C)C(=O)C(C(=O)c3ccc(F)cc3)CC[C@H]12.C[C@H]1c2oncc2C[C@@]2(C)c3[nH]nc(-c4ccc(F)cc4)c3CC[C@H]12.C[C@H]1c2oncc2C[C@@]2(C)c3nn(-c4ccncc4)c(-c4ccc(F)cc4)c3CC[C@H]12.[3H][3H].[3H][3H].[3H][3H].[3H][3H].[3H][3H].[3H][3H].[3H][3H].[3H][3H].[3H][3H].[3H][3H].[3H][3H].[3H][3H].[3H][3H].[3H][3H].[3H][3H].[3H][3H].[3H][3H].[3H][3H].[3H][3H].[3H][3H].[3H][3H].[3H][3H].[3H][3H].[3H][3H].[3H][3H].[3H][3H].[3H][3H].[3H][3H].[3H][3H].[3H][3H].[3H][3H].[3H][3H].[3H][3H].[3H][3H].[3H][3H].[3H][3H].[3H][3H].[3H][3H].[3H][3H].[3H][3H].[3H][3H].[3H][3H].[3H][3H].[3H][3H].[3H][3H].[3H][3H].[3H][3H].[3H][3H].[3H][3H].[3H][3H].[3H][3H].[3H][3H].[3H][3H].[3H][3H].[3H][3H].[3H][3H].[3H][3H].[3H][3H].[3H][3H].[3H][3H].[3H][3H]. The number of pyridine rings is 3. The van der Waals surface area contributed by atoms with Gasteiger partial charge in [-0.2, -0.15) is 30.9 Å². The lowest BCUT2D eigenvalue weighted by Crippen LogP contribution is -2.51. The van der Waals surface area contributed by atoms with E-state index in [0.29, 0.717) is 54.1 Å². The van der Waals surface area contributed by atoms with Gasteiger partial charge in [0.05, 0.1) is 98.6 Å². The molecule has 10 aromatic heterocycles. The highest BCUT2D eigenvalue weighted by Crippen LogP contribution is 2.61. The van der Waals surface area contributed by atoms with Gasteiger partial charge in [0.2, 0.25) is 0 Å². The lowest BCUT2D eigenvalue weighted by Gasteiger charge is -2.47. The molecule has 0 bridgehead atoms. The first-order valence-electron chi connectivity index (χ1n) is 110. The summed E-state index contributed by atoms with van der Waals surface area (Å²) in [6, 6.07) is 47.5. The molecule has 10 aliphatic carbocycles. The van der Waals surface area contributed by atoms with Gasteiger partial charge < -0.3 is 18.7 Å². The summed E-state index contributed by atoms with van der Waals surface area (Å²) in [5.41, 5.74) is 22.0. The normalized spacial score (nSPS) is 29.7. The number of Topliss-reactive ketones (excluding diaryl/α,β-unsaturated/α-hetero) is 3. The van der Waals surface area contributed by atoms with Gasteiger partial charge in [0.15, 0.2) is 11.6 Å². The van der Waals surface area contributed by atoms with E-state index in [4.69, 9.17) is 210 Å². The zero-order valence-corrected chi connectivity index (χ0v) is 81.0. The molecule has 5 aromatic carbocycles. The molecule has 28 heteroatoms. The Labute approximate surface area is 1010 Å². The van der Waals surface area contributed by atoms with Crippen LogP contribution in [0.3, 0.4) is 0 Å². The second-order valence-electron chi connectivity index (χ2n) is 41.6. The molecule has 0 radical (unpaired) electrons. The Morgan fingerprint density at radius 1 is 0.434 bits per heavy atom. The number of hydrogen-bond acceptors (Lipinski definition) is 19. The van der Waals surface area contributed by atoms with Gasteiger partial charge >= 0.3 is 0 Å². The van der Waals surface area contributed by atoms with E-state index in [2.05, 4.69) is 101 Å². The minimum atomic E-state index is -0.652. The molecule has 846 valence electrons. The van der Waals surface area contributed by atoms with Crippen molar-refractivity contribution in [2.45, 2.75) is 199 Å². The second kappa shape index (κ2) is 36.8. The number of H-pyrrole nitrogens is 1. The maximum atomic E-state index is 13.7. The number of allylic oxidation sites excluding steroid dienone is 4. The van der Waals surface area contributed by atoms with E-state index in [9.17, 15) is 52.0 Å². The third-order valence-corrected chi connectivity index (χ3v) is 33.8. The zero-order chi connectivity index (χ0) is 222. The van der Waals surface area contributed by atoms with E-state index in [1.807, 2.05) is 114 Å². The second-order valence-corrected chi connectivity index (χ2v) is 41.6. The lowest BCUT2D eigenvalue weighted by molar-refractivity contribution is -0.139. The first-order valence-corrected chi connectivity index (χ1v) is 49.3. The van der Waals surface area contributed by atoms with E-state index in [1.54, 1.807) is 67.6 Å². The van der Waals surface area contributed by atoms with Gasteiger partial charge in [0.1, 0.15) is 64.0 Å². The minimum absolute atomic E-state index is 0.00299. The van der Waals surface area contributed by atoms with E-state index in [0.717, 1.165) is 184 Å². The number of hydrogen-bond donors (Lipinski definition) is 2. The van der Waals surface area contributed by atoms with Crippen LogP contribution < -0.4 is 0 Å². The summed E-state index contributed by atoms with van der Waals surface area (Å²) in [5, 5.41) is 65.0. The number of rotatable bonds is 9. The van der Waals surface area contributed by atoms with Gasteiger partial charge in [-0.3, -0.25) is 34.4 Å². The molecule has 0 amide bonds. The molecule has 16 atom stereocenters. The molecule has 23 nitrogen and oxygen atoms in total. The number of aromatic nitrogens is 14. The van der Waals surface area contributed by atoms with Gasteiger partial charge in [-0.25, -0.2) is 36.0 Å². The number of nitrogens with zero attached hydrogens (tertiary/aromatic N) is 15. The molecule has 15 aromatic rings. The zero-order valence-electron chi connectivity index (χ0n) is 203. The Morgan fingerprint density at radius 3 is 1.23 bits per heavy atom. The highest BCUT2D eigenvalue weighted by atomic mass is 19.1. The van der Waals surface area contributed by atoms with Gasteiger partial charge in [-0.05, 0) is 277 Å². The van der Waals surface area contributed by atoms with Gasteiger partial charge in [0, 0.05) is 347 Å². The number of fused-ring (bicyclic) bond motifs is 16. The van der Waals surface area contributed by atoms with Gasteiger partial charge in [-0.1, -0.05) is 90.8 Å². The molecule has 1 fully saturated rings. The largest absolute Gasteiger partial charge is 0.511 e. The van der Waals surface area contributed by atoms with Crippen LogP contribution in [0, 0.1) is 105 Å². The van der Waals surface area contributed by atoms with E-state index < -0.39 is 16.7 Å². The molecule has 2 N–H and O–H groups in total. The summed E-state index contributed by atoms with van der Waals surface area (Å²) in [5.74, 6) is 2.59. The molecule has 10 aliphatic rings. The number of aliphatic hydroxyl groups is 1. The highest BCUT2D eigenvalue weighted by molar-refractivity contribution is 6.13. The number of halogens is 5. The molecule has 25 rings (SSSR count). The third-order valence-electron chi connectivity index (χ3n) is 33.8. The Bertz CT molecular complexity index is 7840. The maximum Gasteiger partial charge on any atom is 0.176 e. The van der Waals surface area contributed by atoms with Gasteiger partial charge in [-0.15, -0.1) is 0 Å². The van der Waals surface area contributed by atoms with Gasteiger partial charge in [0.25, 0.3) is 0 Å². The summed E-state index contributed by atoms with van der Waals surface area (Å²) in [6.07, 6.45) is 29.2. The fourth-order valence-electron chi connectivity index (χ4n) is 26.7. The van der Waals surface area contributed by atoms with E-state index in [1.165, 1.54) is 101 Å². The van der Waals surface area contributed by atoms with Crippen molar-refractivity contribution in [3.63, 3.8) is 0 Å². The first kappa shape index (κ1) is 47.2. The Kier molecular flexibility index (Phi) is 12.1. The average Bonchev–Trinajstić information content (AvgIpc) is 1.56. The van der Waals surface area contributed by atoms with Crippen molar-refractivity contribution in [3.8, 4) is 74.2 Å². The number of carbonyl (C=O) groups excluding carboxylic acids is 3. The molecule has 143 heavy (non-hydrogen) atoms. The predicted molar refractivity (Wildman–Crippen MR) is 653 cm³/mol. The highest BCUT2D eigenvalue weighted by Gasteiger charge is 2.58. The van der Waals surface area contributed by atoms with Crippen molar-refractivity contribution in [2.24, 2.45) is 52.8 Å². The average molecular weight is 2290 g/mol. The van der Waals surface area contributed by atoms with Crippen molar-refractivity contribution in [1.29, 1.82) is 10.5 Å². The topological polar surface area (TPSA) is 318 Å². The van der Waals surface area contributed by atoms with Crippen molar-refractivity contribution in [1.82, 2.24) is 70.0 Å². The van der Waals surface area contributed by atoms with Crippen LogP contribution in [0.1, 0.15) is 402 Å². The monoisotopic (exact) mass is 2290 g/mol. The molecular formula is C115H229F5N16O7. The number of nitrogens with one attached hydrogen (secondary N) is 1. The number of nitriles is 2. The van der Waals surface area contributed by atoms with Crippen molar-refractivity contribution < 1.29 is 236 Å². The molecule has 0 saturated heterocycles. The summed E-state index contributed by atoms with van der Waals surface area (Å²) < 4.78 is 700. The molecule has 0 aliphatic heterocycles. The molecule has 1 unspecified atom stereocenters. The molecule has 1 saturated carbocycles. The van der Waals surface area contributed by atoms with Crippen molar-refractivity contribution in [2.75, 3.05) is 0 Å². The number of aliphatic hydroxyl groups excluding tert-OH is 1. The number of benzene rings is 5. The summed E-state index contributed by atoms with van der Waals surface area (Å²) >= 11 is 0. The fourth-order valence-corrected chi connectivity index (χ4v) is 26.7. The molecule has 0 spiro atoms. The summed E-state index contributed by atoms with van der Waals surface area (Å²) in [6.45, 7) is 21.4. The predicted octanol–water partition coefficient (Wildman–Crippen LogP) is 38.4. The molecule has 10 heterocycles. The Morgan fingerprint density at radius 2 is 0.797 bits per heavy atom. The van der Waals surface area contributed by atoms with E-state index >= 15 is 0 Å². The quantitative estimate of drug-likeness (QED) is 0.0770. The number of aromatic amines is 1. The van der Waals surface area contributed by atoms with Crippen LogP contribution >= 0.6 is 0 Å². The van der Waals surface area contributed by atoms with Crippen LogP contribution in [0.2, 0.25) is 0 Å². The fraction of sp³-hybridized carbons (Fsp3) is 0.348. The Balaban J connectivity index is -0.0000000530. The van der Waals surface area contributed by atoms with Crippen LogP contribution in [0.4, 0.5) is 22.0 Å². The first-order chi connectivity index (χ1) is 130. The van der Waals surface area contributed by atoms with Crippen LogP contribution in [-0.4, -0.2) is 92.4 Å². The van der Waals surface area contributed by atoms with Crippen LogP contribution in [0.15, 0.2) is 250 Å². The number of carbonyl (C=O) groups is 3. The van der Waals surface area contributed by atoms with Crippen LogP contribution in [0.5, 0.6) is 0 Å². The standard InChI is InChI=1S/2C25H23FN4O.C25H21FN4O.C20H20FN3O.C20H20FNO3.61H2/c1-15-21-8-7-20-22(16-3-5-18(26)6-4-16)30(19-9-11-27-12-10-19)29-24(20)25(21,2)13-17-14-28-31-23(15)17;2*1-15-21-8-7-20-22(16-3-5-18(26)6-4-16)30(19-9-11-28-12-10-19)29-24(20)25(21,2)13-17(14-27)23(15)31;1-11-16-8-7-15-17(12-3-5-14(21)6-4-12)23-24-19(15)20(16,2)9-13-10-22-25-18(11)13;1-11-16-8-7-15(17(23)12-3-5-14(21)6-4-12)19(24)20(16,2)9-13-10-22-25-18(11)13;;;;;;;;;;;;;;;;;;;;;;;;;;;;;;;;;;;;;;;;;;;;;;;;;;;;;;;;;;;;;/h3-6,9-12,14-15,21H,7-8,13H2,1-2H3;3-6,9-12,15,21,31H,7-8,13H2,1-2H3;3-6,9-13,15,21H,7-8H2,1-2H3;3-6,10-11,16H,7-9H2,1-2H3,(H,23,24);3-6,10-11,15-16H,7-9H2,1-2H3;61*1H/t3*15-,21-,25-;11-,16-,20-;11-,15?,16-,20-;;;;;;;;;;;;;;;;;;;;;;;;;;;;;;;;;;;;;;;;;;;;;;;;;;;;;;;;;;;;;/m11111............................................................./s1/i;;;;;61*1+2T. The Hall–Kier alpha value is -15.1. The van der Waals surface area contributed by atoms with Crippen molar-refractivity contribution >= 4 is 17.3 Å². The lowest BCUT2D eigenvalue weighted by atomic mass is 9.53. The third kappa shape index (κ3) is 16.0. The maximum absolute atomic E-state index is 13.7. The van der Waals surface area contributed by atoms with Crippen molar-refractivity contribution in [3.05, 3.63) is 350 Å². The summed E-state index contributed by atoms with van der Waals surface area (Å²) in [7, 11) is 0. The van der Waals surface area contributed by atoms with E-state index in [-0.39, 0.29) is 110 Å². The molecular weight excluding hydrogens is 1810 g/mol.